The summed E-state index contributed by atoms with van der Waals surface area (Å²) in [7, 11) is 0. The van der Waals surface area contributed by atoms with Gasteiger partial charge in [0.1, 0.15) is 11.5 Å². The Morgan fingerprint density at radius 1 is 1.21 bits per heavy atom. The molecule has 6 nitrogen and oxygen atoms in total. The van der Waals surface area contributed by atoms with E-state index in [1.807, 2.05) is 26.0 Å². The van der Waals surface area contributed by atoms with Crippen LogP contribution < -0.4 is 10.2 Å². The second-order valence-corrected chi connectivity index (χ2v) is 7.20. The first-order chi connectivity index (χ1) is 13.6. The zero-order chi connectivity index (χ0) is 21.2. The van der Waals surface area contributed by atoms with E-state index in [9.17, 15) is 18.0 Å². The maximum absolute atomic E-state index is 12.7. The number of nitrogens with zero attached hydrogens (tertiary/aromatic N) is 3. The molecule has 2 aromatic rings. The lowest BCUT2D eigenvalue weighted by molar-refractivity contribution is -0.141. The molecular weight excluding hydrogens is 385 g/mol. The van der Waals surface area contributed by atoms with Crippen LogP contribution in [0.4, 0.5) is 19.0 Å². The number of pyridine rings is 2. The summed E-state index contributed by atoms with van der Waals surface area (Å²) in [6, 6.07) is 5.70. The Labute approximate surface area is 167 Å². The highest BCUT2D eigenvalue weighted by Gasteiger charge is 2.33. The van der Waals surface area contributed by atoms with E-state index in [-0.39, 0.29) is 30.0 Å². The van der Waals surface area contributed by atoms with E-state index >= 15 is 0 Å². The van der Waals surface area contributed by atoms with Gasteiger partial charge in [0.2, 0.25) is 0 Å². The highest BCUT2D eigenvalue weighted by molar-refractivity contribution is 5.95. The Hall–Kier alpha value is -2.68. The fourth-order valence-corrected chi connectivity index (χ4v) is 3.31. The van der Waals surface area contributed by atoms with Crippen molar-refractivity contribution < 1.29 is 22.7 Å². The van der Waals surface area contributed by atoms with Gasteiger partial charge in [0.05, 0.1) is 23.5 Å². The standard InChI is InChI=1S/C20H23F3N4O2/c1-12-10-27(11-13(2)29-12)18-7-4-15(8-24-18)9-25-19(28)16-5-6-17(20(21,22)23)26-14(16)3/h4-8,12-13H,9-11H2,1-3H3,(H,25,28). The summed E-state index contributed by atoms with van der Waals surface area (Å²) < 4.78 is 43.8. The quantitative estimate of drug-likeness (QED) is 0.841. The van der Waals surface area contributed by atoms with E-state index in [1.54, 1.807) is 6.20 Å². The number of carbonyl (C=O) groups excluding carboxylic acids is 1. The smallest absolute Gasteiger partial charge is 0.372 e. The van der Waals surface area contributed by atoms with Crippen molar-refractivity contribution in [2.45, 2.75) is 45.7 Å². The predicted molar refractivity (Wildman–Crippen MR) is 102 cm³/mol. The second-order valence-electron chi connectivity index (χ2n) is 7.20. The number of hydrogen-bond acceptors (Lipinski definition) is 5. The third-order valence-electron chi connectivity index (χ3n) is 4.63. The summed E-state index contributed by atoms with van der Waals surface area (Å²) in [5, 5.41) is 2.69. The Morgan fingerprint density at radius 2 is 1.90 bits per heavy atom. The molecule has 0 spiro atoms. The van der Waals surface area contributed by atoms with Crippen LogP contribution in [0.15, 0.2) is 30.5 Å². The van der Waals surface area contributed by atoms with E-state index < -0.39 is 17.8 Å². The molecule has 3 heterocycles. The van der Waals surface area contributed by atoms with E-state index in [0.29, 0.717) is 0 Å². The largest absolute Gasteiger partial charge is 0.433 e. The lowest BCUT2D eigenvalue weighted by Crippen LogP contribution is -2.45. The molecule has 2 aromatic heterocycles. The molecular formula is C20H23F3N4O2. The van der Waals surface area contributed by atoms with Gasteiger partial charge in [0, 0.05) is 25.8 Å². The van der Waals surface area contributed by atoms with Crippen molar-refractivity contribution in [3.05, 3.63) is 53.0 Å². The number of halogens is 3. The summed E-state index contributed by atoms with van der Waals surface area (Å²) >= 11 is 0. The molecule has 0 saturated carbocycles. The van der Waals surface area contributed by atoms with Crippen LogP contribution in [-0.4, -0.2) is 41.2 Å². The Morgan fingerprint density at radius 3 is 2.45 bits per heavy atom. The van der Waals surface area contributed by atoms with Gasteiger partial charge in [-0.15, -0.1) is 0 Å². The van der Waals surface area contributed by atoms with Gasteiger partial charge >= 0.3 is 6.18 Å². The first-order valence-electron chi connectivity index (χ1n) is 9.32. The molecule has 3 rings (SSSR count). The van der Waals surface area contributed by atoms with Crippen LogP contribution in [0.3, 0.4) is 0 Å². The summed E-state index contributed by atoms with van der Waals surface area (Å²) in [4.78, 5) is 22.4. The zero-order valence-electron chi connectivity index (χ0n) is 16.5. The highest BCUT2D eigenvalue weighted by atomic mass is 19.4. The Bertz CT molecular complexity index is 861. The van der Waals surface area contributed by atoms with Gasteiger partial charge in [-0.2, -0.15) is 13.2 Å². The Kier molecular flexibility index (Phi) is 6.07. The van der Waals surface area contributed by atoms with Gasteiger partial charge in [0.15, 0.2) is 0 Å². The molecule has 1 aliphatic rings. The van der Waals surface area contributed by atoms with Crippen LogP contribution in [0, 0.1) is 6.92 Å². The number of rotatable bonds is 4. The molecule has 0 aromatic carbocycles. The minimum atomic E-state index is -4.54. The van der Waals surface area contributed by atoms with Crippen molar-refractivity contribution in [2.24, 2.45) is 0 Å². The van der Waals surface area contributed by atoms with E-state index in [2.05, 4.69) is 20.2 Å². The highest BCUT2D eigenvalue weighted by Crippen LogP contribution is 2.28. The number of ether oxygens (including phenoxy) is 1. The number of nitrogens with one attached hydrogen (secondary N) is 1. The minimum absolute atomic E-state index is 0.0290. The number of aromatic nitrogens is 2. The normalized spacial score (nSPS) is 19.9. The van der Waals surface area contributed by atoms with Gasteiger partial charge in [-0.05, 0) is 44.5 Å². The van der Waals surface area contributed by atoms with Crippen molar-refractivity contribution in [1.29, 1.82) is 0 Å². The van der Waals surface area contributed by atoms with Crippen molar-refractivity contribution in [3.8, 4) is 0 Å². The number of carbonyl (C=O) groups is 1. The fourth-order valence-electron chi connectivity index (χ4n) is 3.31. The van der Waals surface area contributed by atoms with Crippen molar-refractivity contribution in [3.63, 3.8) is 0 Å². The maximum atomic E-state index is 12.7. The maximum Gasteiger partial charge on any atom is 0.433 e. The van der Waals surface area contributed by atoms with Gasteiger partial charge in [-0.1, -0.05) is 6.07 Å². The van der Waals surface area contributed by atoms with Gasteiger partial charge in [-0.3, -0.25) is 4.79 Å². The van der Waals surface area contributed by atoms with Crippen molar-refractivity contribution >= 4 is 11.7 Å². The van der Waals surface area contributed by atoms with E-state index in [4.69, 9.17) is 4.74 Å². The number of alkyl halides is 3. The molecule has 0 aliphatic carbocycles. The summed E-state index contributed by atoms with van der Waals surface area (Å²) in [5.41, 5.74) is -0.0905. The minimum Gasteiger partial charge on any atom is -0.372 e. The van der Waals surface area contributed by atoms with Crippen LogP contribution in [-0.2, 0) is 17.5 Å². The van der Waals surface area contributed by atoms with Gasteiger partial charge in [-0.25, -0.2) is 9.97 Å². The molecule has 1 amide bonds. The number of aryl methyl sites for hydroxylation is 1. The average Bonchev–Trinajstić information content (AvgIpc) is 2.65. The summed E-state index contributed by atoms with van der Waals surface area (Å²) in [6.07, 6.45) is -2.61. The van der Waals surface area contributed by atoms with Crippen LogP contribution in [0.5, 0.6) is 0 Å². The van der Waals surface area contributed by atoms with Gasteiger partial charge < -0.3 is 15.0 Å². The molecule has 156 valence electrons. The Balaban J connectivity index is 1.61. The van der Waals surface area contributed by atoms with Crippen molar-refractivity contribution in [2.75, 3.05) is 18.0 Å². The van der Waals surface area contributed by atoms with Crippen LogP contribution >= 0.6 is 0 Å². The lowest BCUT2D eigenvalue weighted by Gasteiger charge is -2.36. The van der Waals surface area contributed by atoms with Crippen LogP contribution in [0.1, 0.15) is 41.2 Å². The van der Waals surface area contributed by atoms with Gasteiger partial charge in [0.25, 0.3) is 5.91 Å². The molecule has 1 saturated heterocycles. The van der Waals surface area contributed by atoms with Crippen LogP contribution in [0.25, 0.3) is 0 Å². The van der Waals surface area contributed by atoms with E-state index in [1.165, 1.54) is 6.92 Å². The summed E-state index contributed by atoms with van der Waals surface area (Å²) in [6.45, 7) is 7.14. The molecule has 29 heavy (non-hydrogen) atoms. The average molecular weight is 408 g/mol. The first-order valence-corrected chi connectivity index (χ1v) is 9.32. The number of anilines is 1. The first kappa shape index (κ1) is 21.0. The molecule has 2 unspecified atom stereocenters. The molecule has 1 fully saturated rings. The molecule has 9 heteroatoms. The lowest BCUT2D eigenvalue weighted by atomic mass is 10.1. The third kappa shape index (κ3) is 5.23. The fraction of sp³-hybridized carbons (Fsp3) is 0.450. The molecule has 1 aliphatic heterocycles. The molecule has 1 N–H and O–H groups in total. The SMILES string of the molecule is Cc1nc(C(F)(F)F)ccc1C(=O)NCc1ccc(N2CC(C)OC(C)C2)nc1. The third-order valence-corrected chi connectivity index (χ3v) is 4.63. The monoisotopic (exact) mass is 408 g/mol. The predicted octanol–water partition coefficient (Wildman–Crippen LogP) is 3.35. The molecule has 0 bridgehead atoms. The molecule has 2 atom stereocenters. The molecule has 0 radical (unpaired) electrons. The van der Waals surface area contributed by atoms with E-state index in [0.717, 1.165) is 36.6 Å². The summed E-state index contributed by atoms with van der Waals surface area (Å²) in [5.74, 6) is 0.355. The second kappa shape index (κ2) is 8.36. The topological polar surface area (TPSA) is 67.4 Å². The number of amides is 1. The van der Waals surface area contributed by atoms with Crippen LogP contribution in [0.2, 0.25) is 0 Å². The zero-order valence-corrected chi connectivity index (χ0v) is 16.5. The number of morpholine rings is 1. The number of hydrogen-bond donors (Lipinski definition) is 1. The van der Waals surface area contributed by atoms with Crippen molar-refractivity contribution in [1.82, 2.24) is 15.3 Å².